The second-order valence-electron chi connectivity index (χ2n) is 6.72. The molecule has 1 rings (SSSR count). The SMILES string of the molecule is CN=C(NCCCNC(=O)OC(C)(C)C)NCCCOc1ccccc1.I. The van der Waals surface area contributed by atoms with Crippen LogP contribution in [0, 0.1) is 0 Å². The number of amides is 1. The number of nitrogens with one attached hydrogen (secondary N) is 3. The zero-order valence-electron chi connectivity index (χ0n) is 16.7. The van der Waals surface area contributed by atoms with Crippen LogP contribution in [0.4, 0.5) is 4.79 Å². The Morgan fingerprint density at radius 2 is 1.59 bits per heavy atom. The number of hydrogen-bond acceptors (Lipinski definition) is 4. The summed E-state index contributed by atoms with van der Waals surface area (Å²) in [5.41, 5.74) is -0.474. The van der Waals surface area contributed by atoms with Gasteiger partial charge in [-0.2, -0.15) is 0 Å². The van der Waals surface area contributed by atoms with Gasteiger partial charge in [-0.25, -0.2) is 4.79 Å². The van der Waals surface area contributed by atoms with Crippen LogP contribution in [0.3, 0.4) is 0 Å². The summed E-state index contributed by atoms with van der Waals surface area (Å²) in [6.45, 7) is 8.19. The number of benzene rings is 1. The van der Waals surface area contributed by atoms with Crippen LogP contribution in [0.5, 0.6) is 5.75 Å². The van der Waals surface area contributed by atoms with Crippen LogP contribution in [-0.2, 0) is 4.74 Å². The summed E-state index contributed by atoms with van der Waals surface area (Å²) in [5, 5.41) is 9.17. The summed E-state index contributed by atoms with van der Waals surface area (Å²) >= 11 is 0. The van der Waals surface area contributed by atoms with E-state index < -0.39 is 11.7 Å². The predicted octanol–water partition coefficient (Wildman–Crippen LogP) is 3.15. The highest BCUT2D eigenvalue weighted by Gasteiger charge is 2.15. The summed E-state index contributed by atoms with van der Waals surface area (Å²) in [6.07, 6.45) is 1.26. The predicted molar refractivity (Wildman–Crippen MR) is 120 cm³/mol. The molecule has 0 heterocycles. The van der Waals surface area contributed by atoms with Crippen molar-refractivity contribution in [1.82, 2.24) is 16.0 Å². The van der Waals surface area contributed by atoms with Crippen molar-refractivity contribution >= 4 is 36.0 Å². The van der Waals surface area contributed by atoms with Crippen molar-refractivity contribution in [2.75, 3.05) is 33.3 Å². The van der Waals surface area contributed by atoms with Crippen LogP contribution >= 0.6 is 24.0 Å². The first-order valence-electron chi connectivity index (χ1n) is 9.00. The number of rotatable bonds is 9. The van der Waals surface area contributed by atoms with Crippen LogP contribution in [0.1, 0.15) is 33.6 Å². The molecule has 0 aliphatic rings. The number of halogens is 1. The molecule has 0 aromatic heterocycles. The molecule has 154 valence electrons. The van der Waals surface area contributed by atoms with Gasteiger partial charge in [0.1, 0.15) is 11.4 Å². The minimum absolute atomic E-state index is 0. The van der Waals surface area contributed by atoms with Crippen LogP contribution in [0.2, 0.25) is 0 Å². The monoisotopic (exact) mass is 492 g/mol. The van der Waals surface area contributed by atoms with E-state index >= 15 is 0 Å². The molecular formula is C19H33IN4O3. The van der Waals surface area contributed by atoms with Gasteiger partial charge in [-0.05, 0) is 45.7 Å². The number of carbonyl (C=O) groups excluding carboxylic acids is 1. The van der Waals surface area contributed by atoms with Gasteiger partial charge in [-0.3, -0.25) is 4.99 Å². The normalized spacial score (nSPS) is 11.2. The molecule has 1 aromatic rings. The van der Waals surface area contributed by atoms with E-state index in [1.165, 1.54) is 0 Å². The van der Waals surface area contributed by atoms with Gasteiger partial charge in [-0.1, -0.05) is 18.2 Å². The average Bonchev–Trinajstić information content (AvgIpc) is 2.58. The second-order valence-corrected chi connectivity index (χ2v) is 6.72. The van der Waals surface area contributed by atoms with Crippen molar-refractivity contribution in [1.29, 1.82) is 0 Å². The third-order valence-corrected chi connectivity index (χ3v) is 3.16. The number of carbonyl (C=O) groups is 1. The van der Waals surface area contributed by atoms with E-state index in [-0.39, 0.29) is 24.0 Å². The van der Waals surface area contributed by atoms with Crippen molar-refractivity contribution in [3.63, 3.8) is 0 Å². The minimum atomic E-state index is -0.474. The van der Waals surface area contributed by atoms with Gasteiger partial charge in [0.15, 0.2) is 5.96 Å². The lowest BCUT2D eigenvalue weighted by atomic mass is 10.2. The lowest BCUT2D eigenvalue weighted by Gasteiger charge is -2.19. The van der Waals surface area contributed by atoms with Crippen LogP contribution < -0.4 is 20.7 Å². The summed E-state index contributed by atoms with van der Waals surface area (Å²) in [5.74, 6) is 1.62. The van der Waals surface area contributed by atoms with Gasteiger partial charge in [0.25, 0.3) is 0 Å². The van der Waals surface area contributed by atoms with E-state index in [9.17, 15) is 4.79 Å². The molecule has 0 saturated heterocycles. The number of nitrogens with zero attached hydrogens (tertiary/aromatic N) is 1. The molecule has 3 N–H and O–H groups in total. The fourth-order valence-corrected chi connectivity index (χ4v) is 2.01. The molecule has 0 saturated carbocycles. The Morgan fingerprint density at radius 3 is 2.19 bits per heavy atom. The number of alkyl carbamates (subject to hydrolysis) is 1. The largest absolute Gasteiger partial charge is 0.494 e. The molecule has 7 nitrogen and oxygen atoms in total. The van der Waals surface area contributed by atoms with Gasteiger partial charge in [0, 0.05) is 26.7 Å². The van der Waals surface area contributed by atoms with E-state index in [4.69, 9.17) is 9.47 Å². The number of guanidine groups is 1. The number of ether oxygens (including phenoxy) is 2. The van der Waals surface area contributed by atoms with E-state index in [0.717, 1.165) is 31.1 Å². The third-order valence-electron chi connectivity index (χ3n) is 3.16. The van der Waals surface area contributed by atoms with Crippen LogP contribution in [0.15, 0.2) is 35.3 Å². The lowest BCUT2D eigenvalue weighted by molar-refractivity contribution is 0.0527. The zero-order valence-corrected chi connectivity index (χ0v) is 19.0. The Hall–Kier alpha value is -1.71. The van der Waals surface area contributed by atoms with E-state index in [2.05, 4.69) is 20.9 Å². The molecule has 1 aromatic carbocycles. The molecule has 27 heavy (non-hydrogen) atoms. The van der Waals surface area contributed by atoms with Crippen LogP contribution in [0.25, 0.3) is 0 Å². The Bertz CT molecular complexity index is 548. The molecule has 0 spiro atoms. The Morgan fingerprint density at radius 1 is 1.00 bits per heavy atom. The maximum absolute atomic E-state index is 11.5. The highest BCUT2D eigenvalue weighted by molar-refractivity contribution is 14.0. The Kier molecular flexibility index (Phi) is 13.5. The topological polar surface area (TPSA) is 84.0 Å². The molecule has 0 unspecified atom stereocenters. The number of hydrogen-bond donors (Lipinski definition) is 3. The lowest BCUT2D eigenvalue weighted by Crippen LogP contribution is -2.39. The van der Waals surface area contributed by atoms with E-state index in [1.807, 2.05) is 51.1 Å². The average molecular weight is 492 g/mol. The summed E-state index contributed by atoms with van der Waals surface area (Å²) < 4.78 is 10.8. The summed E-state index contributed by atoms with van der Waals surface area (Å²) in [7, 11) is 1.73. The quantitative estimate of drug-likeness (QED) is 0.214. The maximum atomic E-state index is 11.5. The molecule has 0 fully saturated rings. The van der Waals surface area contributed by atoms with Gasteiger partial charge < -0.3 is 25.4 Å². The highest BCUT2D eigenvalue weighted by Crippen LogP contribution is 2.08. The minimum Gasteiger partial charge on any atom is -0.494 e. The first kappa shape index (κ1) is 25.3. The summed E-state index contributed by atoms with van der Waals surface area (Å²) in [6, 6.07) is 9.76. The van der Waals surface area contributed by atoms with Crippen molar-refractivity contribution in [2.24, 2.45) is 4.99 Å². The molecular weight excluding hydrogens is 459 g/mol. The van der Waals surface area contributed by atoms with Gasteiger partial charge in [0.05, 0.1) is 6.61 Å². The standard InChI is InChI=1S/C19H32N4O3.HI/c1-19(2,3)26-18(24)23-13-8-12-21-17(20-4)22-14-9-15-25-16-10-6-5-7-11-16;/h5-7,10-11H,8-9,12-15H2,1-4H3,(H,23,24)(H2,20,21,22);1H. The van der Waals surface area contributed by atoms with Gasteiger partial charge >= 0.3 is 6.09 Å². The molecule has 0 radical (unpaired) electrons. The number of aliphatic imine (C=N–C) groups is 1. The molecule has 0 aliphatic heterocycles. The second kappa shape index (κ2) is 14.4. The number of para-hydroxylation sites is 1. The third kappa shape index (κ3) is 14.1. The molecule has 0 aliphatic carbocycles. The van der Waals surface area contributed by atoms with Gasteiger partial charge in [-0.15, -0.1) is 24.0 Å². The molecule has 0 bridgehead atoms. The maximum Gasteiger partial charge on any atom is 0.407 e. The van der Waals surface area contributed by atoms with E-state index in [0.29, 0.717) is 19.7 Å². The Labute approximate surface area is 179 Å². The van der Waals surface area contributed by atoms with Gasteiger partial charge in [0.2, 0.25) is 0 Å². The molecule has 1 amide bonds. The highest BCUT2D eigenvalue weighted by atomic mass is 127. The van der Waals surface area contributed by atoms with Crippen LogP contribution in [-0.4, -0.2) is 50.9 Å². The van der Waals surface area contributed by atoms with Crippen molar-refractivity contribution in [3.8, 4) is 5.75 Å². The van der Waals surface area contributed by atoms with Crippen molar-refractivity contribution in [3.05, 3.63) is 30.3 Å². The zero-order chi connectivity index (χ0) is 19.3. The summed E-state index contributed by atoms with van der Waals surface area (Å²) in [4.78, 5) is 15.7. The fraction of sp³-hybridized carbons (Fsp3) is 0.579. The molecule has 8 heteroatoms. The Balaban J connectivity index is 0.00000676. The van der Waals surface area contributed by atoms with Crippen molar-refractivity contribution in [2.45, 2.75) is 39.2 Å². The molecule has 0 atom stereocenters. The van der Waals surface area contributed by atoms with Crippen molar-refractivity contribution < 1.29 is 14.3 Å². The smallest absolute Gasteiger partial charge is 0.407 e. The first-order valence-corrected chi connectivity index (χ1v) is 9.00. The van der Waals surface area contributed by atoms with E-state index in [1.54, 1.807) is 7.05 Å². The fourth-order valence-electron chi connectivity index (χ4n) is 2.01. The first-order chi connectivity index (χ1) is 12.4.